The summed E-state index contributed by atoms with van der Waals surface area (Å²) < 4.78 is 32.8. The molecular formula is C26H32BFN2O5. The van der Waals surface area contributed by atoms with Crippen LogP contribution in [0.3, 0.4) is 0 Å². The van der Waals surface area contributed by atoms with E-state index in [9.17, 15) is 9.59 Å². The first-order chi connectivity index (χ1) is 16.5. The Morgan fingerprint density at radius 2 is 1.91 bits per heavy atom. The Labute approximate surface area is 206 Å². The number of benzene rings is 1. The highest BCUT2D eigenvalue weighted by Crippen LogP contribution is 2.43. The minimum Gasteiger partial charge on any atom is -0.461 e. The van der Waals surface area contributed by atoms with E-state index in [-0.39, 0.29) is 18.6 Å². The average molecular weight is 482 g/mol. The maximum absolute atomic E-state index is 15.0. The lowest BCUT2D eigenvalue weighted by atomic mass is 9.75. The van der Waals surface area contributed by atoms with Crippen LogP contribution < -0.4 is 10.4 Å². The Hall–Kier alpha value is -2.65. The molecule has 35 heavy (non-hydrogen) atoms. The number of amides is 1. The molecule has 2 atom stereocenters. The fraction of sp³-hybridized carbons (Fsp3) is 0.538. The van der Waals surface area contributed by atoms with Crippen LogP contribution in [0.1, 0.15) is 65.9 Å². The van der Waals surface area contributed by atoms with Crippen molar-refractivity contribution in [3.05, 3.63) is 47.7 Å². The molecule has 9 heteroatoms. The molecule has 0 N–H and O–H groups in total. The molecule has 2 saturated heterocycles. The first kappa shape index (κ1) is 24.1. The Morgan fingerprint density at radius 1 is 1.20 bits per heavy atom. The third kappa shape index (κ3) is 4.08. The van der Waals surface area contributed by atoms with Gasteiger partial charge in [0, 0.05) is 36.5 Å². The van der Waals surface area contributed by atoms with Crippen molar-refractivity contribution in [3.8, 4) is 0 Å². The maximum Gasteiger partial charge on any atom is 0.495 e. The van der Waals surface area contributed by atoms with E-state index < -0.39 is 30.1 Å². The number of halogens is 1. The van der Waals surface area contributed by atoms with Gasteiger partial charge in [0.2, 0.25) is 0 Å². The first-order valence-electron chi connectivity index (χ1n) is 12.3. The highest BCUT2D eigenvalue weighted by molar-refractivity contribution is 6.62. The Morgan fingerprint density at radius 3 is 2.60 bits per heavy atom. The lowest BCUT2D eigenvalue weighted by Crippen LogP contribution is -2.46. The normalized spacial score (nSPS) is 26.5. The molecule has 0 radical (unpaired) electrons. The van der Waals surface area contributed by atoms with Gasteiger partial charge in [-0.05, 0) is 71.0 Å². The second kappa shape index (κ2) is 8.48. The minimum atomic E-state index is -0.875. The number of carbonyl (C=O) groups is 2. The number of hydrogen-bond acceptors (Lipinski definition) is 6. The van der Waals surface area contributed by atoms with Crippen LogP contribution in [0.15, 0.2) is 36.3 Å². The lowest BCUT2D eigenvalue weighted by molar-refractivity contribution is -0.142. The summed E-state index contributed by atoms with van der Waals surface area (Å²) in [6.07, 6.45) is 9.77. The van der Waals surface area contributed by atoms with E-state index in [1.807, 2.05) is 33.9 Å². The summed E-state index contributed by atoms with van der Waals surface area (Å²) >= 11 is 0. The second-order valence-corrected chi connectivity index (χ2v) is 10.8. The van der Waals surface area contributed by atoms with E-state index in [2.05, 4.69) is 11.0 Å². The fourth-order valence-electron chi connectivity index (χ4n) is 5.40. The largest absolute Gasteiger partial charge is 0.495 e. The highest BCUT2D eigenvalue weighted by atomic mass is 19.1. The number of anilines is 1. The smallest absolute Gasteiger partial charge is 0.461 e. The lowest BCUT2D eigenvalue weighted by Gasteiger charge is -2.34. The summed E-state index contributed by atoms with van der Waals surface area (Å²) in [5, 5.41) is 0. The average Bonchev–Trinajstić information content (AvgIpc) is 3.26. The predicted octanol–water partition coefficient (Wildman–Crippen LogP) is 3.76. The van der Waals surface area contributed by atoms with Crippen molar-refractivity contribution in [1.29, 1.82) is 0 Å². The van der Waals surface area contributed by atoms with E-state index >= 15 is 4.39 Å². The van der Waals surface area contributed by atoms with Gasteiger partial charge in [-0.25, -0.2) is 4.39 Å². The number of fused-ring (bicyclic) bond motifs is 3. The van der Waals surface area contributed by atoms with E-state index in [0.29, 0.717) is 22.6 Å². The Balaban J connectivity index is 1.56. The van der Waals surface area contributed by atoms with Gasteiger partial charge >= 0.3 is 13.1 Å². The van der Waals surface area contributed by atoms with Gasteiger partial charge in [-0.2, -0.15) is 0 Å². The Bertz CT molecular complexity index is 1110. The summed E-state index contributed by atoms with van der Waals surface area (Å²) in [6, 6.07) is 2.32. The molecule has 1 aliphatic carbocycles. The number of nitrogens with zero attached hydrogens (tertiary/aromatic N) is 2. The summed E-state index contributed by atoms with van der Waals surface area (Å²) in [5.41, 5.74) is 1.16. The van der Waals surface area contributed by atoms with E-state index in [1.54, 1.807) is 6.20 Å². The Kier molecular flexibility index (Phi) is 5.83. The van der Waals surface area contributed by atoms with Crippen LogP contribution in [-0.4, -0.2) is 41.1 Å². The molecule has 4 aliphatic rings. The molecule has 0 aromatic heterocycles. The van der Waals surface area contributed by atoms with Gasteiger partial charge in [-0.3, -0.25) is 14.5 Å². The molecule has 3 aliphatic heterocycles. The minimum absolute atomic E-state index is 0.127. The van der Waals surface area contributed by atoms with Crippen LogP contribution in [0.5, 0.6) is 0 Å². The molecule has 2 fully saturated rings. The number of hydrogen-bond donors (Lipinski definition) is 0. The van der Waals surface area contributed by atoms with Crippen LogP contribution in [0.2, 0.25) is 0 Å². The zero-order chi connectivity index (χ0) is 25.1. The molecule has 0 saturated carbocycles. The van der Waals surface area contributed by atoms with Crippen molar-refractivity contribution in [1.82, 2.24) is 4.90 Å². The molecule has 3 heterocycles. The van der Waals surface area contributed by atoms with Gasteiger partial charge in [0.25, 0.3) is 5.91 Å². The number of carbonyl (C=O) groups excluding carboxylic acids is 2. The third-order valence-corrected chi connectivity index (χ3v) is 7.98. The summed E-state index contributed by atoms with van der Waals surface area (Å²) in [5.74, 6) is -0.755. The van der Waals surface area contributed by atoms with Crippen molar-refractivity contribution in [2.24, 2.45) is 5.92 Å². The van der Waals surface area contributed by atoms with Crippen LogP contribution in [0.25, 0.3) is 0 Å². The zero-order valence-electron chi connectivity index (χ0n) is 21.0. The van der Waals surface area contributed by atoms with Crippen molar-refractivity contribution in [2.45, 2.75) is 84.2 Å². The maximum atomic E-state index is 15.0. The topological polar surface area (TPSA) is 68.3 Å². The zero-order valence-corrected chi connectivity index (χ0v) is 21.0. The van der Waals surface area contributed by atoms with Gasteiger partial charge in [0.05, 0.1) is 16.9 Å². The van der Waals surface area contributed by atoms with Gasteiger partial charge in [0.1, 0.15) is 18.5 Å². The number of rotatable bonds is 4. The summed E-state index contributed by atoms with van der Waals surface area (Å²) in [7, 11) is -0.875. The number of ether oxygens (including phenoxy) is 1. The molecule has 7 nitrogen and oxygen atoms in total. The predicted molar refractivity (Wildman–Crippen MR) is 130 cm³/mol. The fourth-order valence-corrected chi connectivity index (χ4v) is 5.40. The quantitative estimate of drug-likeness (QED) is 0.481. The van der Waals surface area contributed by atoms with Gasteiger partial charge in [-0.15, -0.1) is 0 Å². The molecule has 0 bridgehead atoms. The first-order valence-corrected chi connectivity index (χ1v) is 12.3. The highest BCUT2D eigenvalue weighted by Gasteiger charge is 2.53. The molecule has 1 aromatic carbocycles. The van der Waals surface area contributed by atoms with Crippen molar-refractivity contribution >= 4 is 30.1 Å². The number of esters is 1. The van der Waals surface area contributed by atoms with E-state index in [0.717, 1.165) is 25.7 Å². The van der Waals surface area contributed by atoms with Crippen molar-refractivity contribution in [2.75, 3.05) is 4.90 Å². The van der Waals surface area contributed by atoms with Gasteiger partial charge in [-0.1, -0.05) is 6.08 Å². The van der Waals surface area contributed by atoms with Crippen molar-refractivity contribution < 1.29 is 28.0 Å². The van der Waals surface area contributed by atoms with Crippen LogP contribution in [0.4, 0.5) is 10.1 Å². The van der Waals surface area contributed by atoms with Gasteiger partial charge in [0.15, 0.2) is 0 Å². The summed E-state index contributed by atoms with van der Waals surface area (Å²) in [4.78, 5) is 28.9. The molecular weight excluding hydrogens is 450 g/mol. The van der Waals surface area contributed by atoms with Gasteiger partial charge < -0.3 is 18.9 Å². The third-order valence-electron chi connectivity index (χ3n) is 7.98. The van der Waals surface area contributed by atoms with Crippen LogP contribution >= 0.6 is 0 Å². The van der Waals surface area contributed by atoms with Crippen LogP contribution in [-0.2, 0) is 30.2 Å². The standard InChI is InChI=1S/C26H32BFN2O5/c1-16(31)33-15-19-20(27-34-25(2,3)26(4,5)35-27)13-18(28)14-22(19)30-11-10-29-21-9-7-6-8-17(21)12-23(29)24(30)32/h9-11,13-14,17,23H,6-8,12,15H2,1-5H3. The molecule has 1 amide bonds. The van der Waals surface area contributed by atoms with Crippen molar-refractivity contribution in [3.63, 3.8) is 0 Å². The summed E-state index contributed by atoms with van der Waals surface area (Å²) in [6.45, 7) is 8.84. The second-order valence-electron chi connectivity index (χ2n) is 10.8. The number of allylic oxidation sites excluding steroid dienone is 2. The molecule has 1 aromatic rings. The molecule has 5 rings (SSSR count). The molecule has 2 unspecified atom stereocenters. The van der Waals surface area contributed by atoms with Crippen LogP contribution in [0, 0.1) is 11.7 Å². The molecule has 0 spiro atoms. The van der Waals surface area contributed by atoms with E-state index in [1.165, 1.54) is 29.7 Å². The molecule has 186 valence electrons. The SMILES string of the molecule is CC(=O)OCc1c(B2OC(C)(C)C(C)(C)O2)cc(F)cc1N1C=CN2C3=CCCCC3CC2C1=O. The monoisotopic (exact) mass is 482 g/mol. The van der Waals surface area contributed by atoms with E-state index in [4.69, 9.17) is 14.0 Å².